The van der Waals surface area contributed by atoms with E-state index in [1.54, 1.807) is 0 Å². The lowest BCUT2D eigenvalue weighted by Crippen LogP contribution is -2.14. The summed E-state index contributed by atoms with van der Waals surface area (Å²) in [5, 5.41) is 8.94. The van der Waals surface area contributed by atoms with E-state index in [1.165, 1.54) is 0 Å². The zero-order valence-electron chi connectivity index (χ0n) is 7.22. The first-order valence-corrected chi connectivity index (χ1v) is 3.92. The summed E-state index contributed by atoms with van der Waals surface area (Å²) in [5.74, 6) is 0.808. The minimum atomic E-state index is 0.240. The maximum atomic E-state index is 8.94. The molecule has 0 bridgehead atoms. The van der Waals surface area contributed by atoms with Gasteiger partial charge in [0.15, 0.2) is 0 Å². The summed E-state index contributed by atoms with van der Waals surface area (Å²) in [6.45, 7) is 10.4. The van der Waals surface area contributed by atoms with E-state index in [1.807, 2.05) is 0 Å². The van der Waals surface area contributed by atoms with Crippen molar-refractivity contribution in [2.24, 2.45) is 11.8 Å². The van der Waals surface area contributed by atoms with Crippen LogP contribution in [0.5, 0.6) is 0 Å². The second kappa shape index (κ2) is 4.51. The highest BCUT2D eigenvalue weighted by atomic mass is 16.3. The molecule has 0 saturated carbocycles. The third-order valence-electron chi connectivity index (χ3n) is 1.98. The van der Waals surface area contributed by atoms with Crippen LogP contribution in [0.2, 0.25) is 0 Å². The minimum absolute atomic E-state index is 0.240. The van der Waals surface area contributed by atoms with E-state index in [2.05, 4.69) is 27.4 Å². The maximum absolute atomic E-state index is 8.94. The molecule has 0 aliphatic rings. The number of rotatable bonds is 4. The molecule has 0 saturated heterocycles. The molecule has 0 aromatic rings. The van der Waals surface area contributed by atoms with Crippen molar-refractivity contribution >= 4 is 0 Å². The molecule has 0 aliphatic heterocycles. The number of aliphatic hydroxyl groups excluding tert-OH is 1. The number of aliphatic hydroxyl groups is 1. The molecule has 1 nitrogen and oxygen atoms in total. The van der Waals surface area contributed by atoms with Crippen molar-refractivity contribution in [2.75, 3.05) is 6.61 Å². The summed E-state index contributed by atoms with van der Waals surface area (Å²) in [5.41, 5.74) is 1.16. The first-order chi connectivity index (χ1) is 4.63. The van der Waals surface area contributed by atoms with Gasteiger partial charge in [0.2, 0.25) is 0 Å². The van der Waals surface area contributed by atoms with Crippen molar-refractivity contribution < 1.29 is 5.11 Å². The van der Waals surface area contributed by atoms with E-state index in [-0.39, 0.29) is 6.61 Å². The molecule has 0 rings (SSSR count). The molecule has 0 radical (unpaired) electrons. The first kappa shape index (κ1) is 9.70. The van der Waals surface area contributed by atoms with Gasteiger partial charge in [0, 0.05) is 12.5 Å². The van der Waals surface area contributed by atoms with E-state index in [0.717, 1.165) is 12.0 Å². The van der Waals surface area contributed by atoms with Gasteiger partial charge in [-0.25, -0.2) is 0 Å². The van der Waals surface area contributed by atoms with Gasteiger partial charge in [-0.1, -0.05) is 32.9 Å². The summed E-state index contributed by atoms with van der Waals surface area (Å²) >= 11 is 0. The monoisotopic (exact) mass is 142 g/mol. The van der Waals surface area contributed by atoms with Gasteiger partial charge in [-0.15, -0.1) is 0 Å². The summed E-state index contributed by atoms with van der Waals surface area (Å²) < 4.78 is 0. The summed E-state index contributed by atoms with van der Waals surface area (Å²) in [4.78, 5) is 0. The van der Waals surface area contributed by atoms with Crippen LogP contribution in [0.1, 0.15) is 27.2 Å². The predicted molar refractivity (Wildman–Crippen MR) is 44.8 cm³/mol. The summed E-state index contributed by atoms with van der Waals surface area (Å²) in [7, 11) is 0. The molecule has 1 atom stereocenters. The SMILES string of the molecule is C=C(CC)C(CO)C(C)C. The highest BCUT2D eigenvalue weighted by Gasteiger charge is 2.13. The maximum Gasteiger partial charge on any atom is 0.0498 e. The van der Waals surface area contributed by atoms with Crippen LogP contribution in [-0.2, 0) is 0 Å². The third kappa shape index (κ3) is 2.53. The highest BCUT2D eigenvalue weighted by molar-refractivity contribution is 5.00. The lowest BCUT2D eigenvalue weighted by molar-refractivity contribution is 0.212. The van der Waals surface area contributed by atoms with Gasteiger partial charge in [0.05, 0.1) is 0 Å². The molecular weight excluding hydrogens is 124 g/mol. The van der Waals surface area contributed by atoms with Gasteiger partial charge in [0.1, 0.15) is 0 Å². The summed E-state index contributed by atoms with van der Waals surface area (Å²) in [6.07, 6.45) is 0.976. The molecule has 0 amide bonds. The molecule has 1 unspecified atom stereocenters. The largest absolute Gasteiger partial charge is 0.396 e. The van der Waals surface area contributed by atoms with Gasteiger partial charge in [-0.3, -0.25) is 0 Å². The Bertz CT molecular complexity index is 105. The Labute approximate surface area is 63.8 Å². The second-order valence-corrected chi connectivity index (χ2v) is 3.04. The molecule has 0 aromatic carbocycles. The molecule has 10 heavy (non-hydrogen) atoms. The molecule has 0 spiro atoms. The van der Waals surface area contributed by atoms with Gasteiger partial charge in [-0.05, 0) is 12.3 Å². The highest BCUT2D eigenvalue weighted by Crippen LogP contribution is 2.20. The number of hydrogen-bond donors (Lipinski definition) is 1. The van der Waals surface area contributed by atoms with Gasteiger partial charge < -0.3 is 5.11 Å². The average molecular weight is 142 g/mol. The van der Waals surface area contributed by atoms with Crippen molar-refractivity contribution in [2.45, 2.75) is 27.2 Å². The van der Waals surface area contributed by atoms with Crippen LogP contribution >= 0.6 is 0 Å². The van der Waals surface area contributed by atoms with Crippen molar-refractivity contribution in [1.29, 1.82) is 0 Å². The fourth-order valence-electron chi connectivity index (χ4n) is 1.07. The molecule has 1 N–H and O–H groups in total. The quantitative estimate of drug-likeness (QED) is 0.597. The lowest BCUT2D eigenvalue weighted by Gasteiger charge is -2.19. The molecule has 0 aromatic heterocycles. The average Bonchev–Trinajstić information content (AvgIpc) is 1.88. The van der Waals surface area contributed by atoms with Gasteiger partial charge in [-0.2, -0.15) is 0 Å². The smallest absolute Gasteiger partial charge is 0.0498 e. The third-order valence-corrected chi connectivity index (χ3v) is 1.98. The fraction of sp³-hybridized carbons (Fsp3) is 0.778. The standard InChI is InChI=1S/C9H18O/c1-5-8(4)9(6-10)7(2)3/h7,9-10H,4-6H2,1-3H3. The minimum Gasteiger partial charge on any atom is -0.396 e. The van der Waals surface area contributed by atoms with Crippen LogP contribution in [0.3, 0.4) is 0 Å². The Hall–Kier alpha value is -0.300. The zero-order valence-corrected chi connectivity index (χ0v) is 7.22. The van der Waals surface area contributed by atoms with Crippen molar-refractivity contribution in [3.05, 3.63) is 12.2 Å². The van der Waals surface area contributed by atoms with E-state index in [4.69, 9.17) is 5.11 Å². The Morgan fingerprint density at radius 3 is 2.10 bits per heavy atom. The second-order valence-electron chi connectivity index (χ2n) is 3.04. The van der Waals surface area contributed by atoms with Crippen LogP contribution in [0.4, 0.5) is 0 Å². The normalized spacial score (nSPS) is 13.7. The Balaban J connectivity index is 3.93. The molecule has 0 heterocycles. The van der Waals surface area contributed by atoms with Gasteiger partial charge in [0.25, 0.3) is 0 Å². The van der Waals surface area contributed by atoms with Crippen LogP contribution < -0.4 is 0 Å². The fourth-order valence-corrected chi connectivity index (χ4v) is 1.07. The molecule has 0 fully saturated rings. The Kier molecular flexibility index (Phi) is 4.37. The van der Waals surface area contributed by atoms with E-state index in [9.17, 15) is 0 Å². The lowest BCUT2D eigenvalue weighted by atomic mass is 9.88. The zero-order chi connectivity index (χ0) is 8.15. The van der Waals surface area contributed by atoms with E-state index >= 15 is 0 Å². The summed E-state index contributed by atoms with van der Waals surface area (Å²) in [6, 6.07) is 0. The van der Waals surface area contributed by atoms with Crippen LogP contribution in [0, 0.1) is 11.8 Å². The Morgan fingerprint density at radius 2 is 2.00 bits per heavy atom. The van der Waals surface area contributed by atoms with E-state index < -0.39 is 0 Å². The van der Waals surface area contributed by atoms with Crippen LogP contribution in [0.25, 0.3) is 0 Å². The Morgan fingerprint density at radius 1 is 1.50 bits per heavy atom. The molecule has 0 aliphatic carbocycles. The topological polar surface area (TPSA) is 20.2 Å². The predicted octanol–water partition coefficient (Wildman–Crippen LogP) is 2.22. The van der Waals surface area contributed by atoms with Crippen molar-refractivity contribution in [3.8, 4) is 0 Å². The van der Waals surface area contributed by atoms with E-state index in [0.29, 0.717) is 11.8 Å². The molecular formula is C9H18O. The molecule has 1 heteroatoms. The van der Waals surface area contributed by atoms with Crippen LogP contribution in [0.15, 0.2) is 12.2 Å². The van der Waals surface area contributed by atoms with Crippen LogP contribution in [-0.4, -0.2) is 11.7 Å². The molecule has 60 valence electrons. The van der Waals surface area contributed by atoms with Crippen molar-refractivity contribution in [3.63, 3.8) is 0 Å². The number of hydrogen-bond acceptors (Lipinski definition) is 1. The van der Waals surface area contributed by atoms with Gasteiger partial charge >= 0.3 is 0 Å². The first-order valence-electron chi connectivity index (χ1n) is 3.92. The van der Waals surface area contributed by atoms with Crippen molar-refractivity contribution in [1.82, 2.24) is 0 Å².